The predicted molar refractivity (Wildman–Crippen MR) is 139 cm³/mol. The number of pyridine rings is 1. The van der Waals surface area contributed by atoms with Gasteiger partial charge in [-0.1, -0.05) is 24.3 Å². The highest BCUT2D eigenvalue weighted by molar-refractivity contribution is 6.04. The Hall–Kier alpha value is -4.19. The van der Waals surface area contributed by atoms with E-state index in [0.29, 0.717) is 5.69 Å². The Balaban J connectivity index is 1.49. The molecule has 2 N–H and O–H groups in total. The third-order valence-corrected chi connectivity index (χ3v) is 6.19. The maximum absolute atomic E-state index is 13.1. The van der Waals surface area contributed by atoms with Crippen molar-refractivity contribution in [1.29, 1.82) is 0 Å². The highest BCUT2D eigenvalue weighted by Crippen LogP contribution is 2.38. The number of carbonyl (C=O) groups excluding carboxylic acids is 1. The van der Waals surface area contributed by atoms with Crippen molar-refractivity contribution in [2.75, 3.05) is 17.7 Å². The fourth-order valence-electron chi connectivity index (χ4n) is 4.46. The quantitative estimate of drug-likeness (QED) is 0.311. The van der Waals surface area contributed by atoms with Crippen molar-refractivity contribution in [1.82, 2.24) is 4.98 Å². The molecule has 1 heterocycles. The van der Waals surface area contributed by atoms with Gasteiger partial charge in [0.1, 0.15) is 11.6 Å². The lowest BCUT2D eigenvalue weighted by Gasteiger charge is -2.22. The second-order valence-electron chi connectivity index (χ2n) is 8.55. The summed E-state index contributed by atoms with van der Waals surface area (Å²) in [5.41, 5.74) is 6.53. The van der Waals surface area contributed by atoms with E-state index in [2.05, 4.69) is 10.6 Å². The van der Waals surface area contributed by atoms with Gasteiger partial charge in [-0.25, -0.2) is 4.39 Å². The molecular formula is C29H26FN3O2. The van der Waals surface area contributed by atoms with E-state index in [1.165, 1.54) is 23.8 Å². The number of aromatic nitrogens is 1. The van der Waals surface area contributed by atoms with Crippen molar-refractivity contribution in [3.63, 3.8) is 0 Å². The Kier molecular flexibility index (Phi) is 6.44. The second kappa shape index (κ2) is 9.97. The van der Waals surface area contributed by atoms with E-state index in [9.17, 15) is 9.18 Å². The van der Waals surface area contributed by atoms with Crippen molar-refractivity contribution in [2.45, 2.75) is 25.7 Å². The number of aryl methyl sites for hydroxylation is 1. The van der Waals surface area contributed by atoms with Gasteiger partial charge >= 0.3 is 0 Å². The molecule has 35 heavy (non-hydrogen) atoms. The van der Waals surface area contributed by atoms with Crippen LogP contribution in [0, 0.1) is 5.82 Å². The topological polar surface area (TPSA) is 63.2 Å². The zero-order chi connectivity index (χ0) is 24.2. The molecule has 5 nitrogen and oxygen atoms in total. The largest absolute Gasteiger partial charge is 0.495 e. The molecule has 0 fully saturated rings. The van der Waals surface area contributed by atoms with E-state index < -0.39 is 0 Å². The average Bonchev–Trinajstić information content (AvgIpc) is 2.89. The Morgan fingerprint density at radius 3 is 2.66 bits per heavy atom. The first kappa shape index (κ1) is 22.6. The normalized spacial score (nSPS) is 13.0. The molecule has 4 aromatic rings. The van der Waals surface area contributed by atoms with Crippen molar-refractivity contribution in [3.05, 3.63) is 95.4 Å². The zero-order valence-corrected chi connectivity index (χ0v) is 19.5. The third-order valence-electron chi connectivity index (χ3n) is 6.19. The molecule has 0 atom stereocenters. The number of hydrogen-bond acceptors (Lipinski definition) is 4. The van der Waals surface area contributed by atoms with Crippen molar-refractivity contribution in [3.8, 4) is 5.75 Å². The number of para-hydroxylation sites is 2. The van der Waals surface area contributed by atoms with E-state index >= 15 is 0 Å². The van der Waals surface area contributed by atoms with Crippen LogP contribution in [0.1, 0.15) is 29.7 Å². The number of fused-ring (bicyclic) bond motifs is 2. The summed E-state index contributed by atoms with van der Waals surface area (Å²) in [6.07, 6.45) is 7.25. The summed E-state index contributed by atoms with van der Waals surface area (Å²) in [5, 5.41) is 7.47. The summed E-state index contributed by atoms with van der Waals surface area (Å²) in [6, 6.07) is 19.6. The molecule has 5 rings (SSSR count). The number of ether oxygens (including phenoxy) is 1. The molecule has 0 spiro atoms. The minimum Gasteiger partial charge on any atom is -0.495 e. The van der Waals surface area contributed by atoms with Gasteiger partial charge in [0.2, 0.25) is 5.91 Å². The van der Waals surface area contributed by atoms with Crippen molar-refractivity contribution < 1.29 is 13.9 Å². The molecule has 0 bridgehead atoms. The number of carbonyl (C=O) groups is 1. The first-order chi connectivity index (χ1) is 17.1. The van der Waals surface area contributed by atoms with E-state index in [1.807, 2.05) is 42.5 Å². The Morgan fingerprint density at radius 1 is 1.03 bits per heavy atom. The Morgan fingerprint density at radius 2 is 1.83 bits per heavy atom. The molecule has 0 aliphatic heterocycles. The van der Waals surface area contributed by atoms with E-state index in [4.69, 9.17) is 9.72 Å². The molecule has 1 aliphatic rings. The molecule has 6 heteroatoms. The summed E-state index contributed by atoms with van der Waals surface area (Å²) >= 11 is 0. The smallest absolute Gasteiger partial charge is 0.248 e. The monoisotopic (exact) mass is 467 g/mol. The van der Waals surface area contributed by atoms with Crippen molar-refractivity contribution >= 4 is 39.9 Å². The van der Waals surface area contributed by atoms with Gasteiger partial charge in [-0.05, 0) is 85.4 Å². The van der Waals surface area contributed by atoms with E-state index in [0.717, 1.165) is 65.0 Å². The number of anilines is 3. The zero-order valence-electron chi connectivity index (χ0n) is 19.5. The molecule has 1 amide bonds. The highest BCUT2D eigenvalue weighted by atomic mass is 19.1. The molecule has 0 saturated heterocycles. The first-order valence-electron chi connectivity index (χ1n) is 11.7. The summed E-state index contributed by atoms with van der Waals surface area (Å²) in [4.78, 5) is 17.5. The minimum atomic E-state index is -0.309. The molecule has 0 saturated carbocycles. The van der Waals surface area contributed by atoms with Crippen LogP contribution in [0.4, 0.5) is 21.5 Å². The van der Waals surface area contributed by atoms with Crippen LogP contribution in [0.15, 0.2) is 72.8 Å². The second-order valence-corrected chi connectivity index (χ2v) is 8.55. The third kappa shape index (κ3) is 5.01. The molecule has 3 aromatic carbocycles. The van der Waals surface area contributed by atoms with Crippen LogP contribution in [-0.2, 0) is 17.6 Å². The predicted octanol–water partition coefficient (Wildman–Crippen LogP) is 6.66. The number of hydrogen-bond donors (Lipinski definition) is 2. The van der Waals surface area contributed by atoms with E-state index in [1.54, 1.807) is 25.3 Å². The number of halogens is 1. The van der Waals surface area contributed by atoms with Gasteiger partial charge in [-0.2, -0.15) is 0 Å². The van der Waals surface area contributed by atoms with Crippen LogP contribution < -0.4 is 15.4 Å². The van der Waals surface area contributed by atoms with Gasteiger partial charge < -0.3 is 15.4 Å². The molecule has 1 aromatic heterocycles. The first-order valence-corrected chi connectivity index (χ1v) is 11.7. The van der Waals surface area contributed by atoms with Gasteiger partial charge in [0, 0.05) is 22.8 Å². The molecule has 176 valence electrons. The molecule has 0 unspecified atom stereocenters. The summed E-state index contributed by atoms with van der Waals surface area (Å²) < 4.78 is 18.7. The highest BCUT2D eigenvalue weighted by Gasteiger charge is 2.19. The number of nitrogens with one attached hydrogen (secondary N) is 2. The average molecular weight is 468 g/mol. The summed E-state index contributed by atoms with van der Waals surface area (Å²) in [7, 11) is 1.66. The van der Waals surface area contributed by atoms with Crippen LogP contribution >= 0.6 is 0 Å². The number of nitrogens with zero attached hydrogens (tertiary/aromatic N) is 1. The lowest BCUT2D eigenvalue weighted by atomic mass is 9.92. The lowest BCUT2D eigenvalue weighted by Crippen LogP contribution is -2.11. The van der Waals surface area contributed by atoms with Gasteiger partial charge in [-0.15, -0.1) is 0 Å². The molecule has 0 radical (unpaired) electrons. The van der Waals surface area contributed by atoms with Gasteiger partial charge in [0.25, 0.3) is 0 Å². The number of methoxy groups -OCH3 is 1. The van der Waals surface area contributed by atoms with Crippen LogP contribution in [0.25, 0.3) is 17.0 Å². The lowest BCUT2D eigenvalue weighted by molar-refractivity contribution is -0.111. The fraction of sp³-hybridized carbons (Fsp3) is 0.172. The van der Waals surface area contributed by atoms with Gasteiger partial charge in [-0.3, -0.25) is 9.78 Å². The maximum atomic E-state index is 13.1. The van der Waals surface area contributed by atoms with Crippen LogP contribution in [0.5, 0.6) is 5.75 Å². The summed E-state index contributed by atoms with van der Waals surface area (Å²) in [6.45, 7) is 0. The number of amides is 1. The fourth-order valence-corrected chi connectivity index (χ4v) is 4.46. The standard InChI is InChI=1S/C29H26FN3O2/c1-35-27-9-5-4-8-26(27)33-29-22-6-2-3-7-24(22)32-25-16-15-21(18-23(25)29)31-28(34)17-12-19-10-13-20(30)14-11-19/h4-5,8-18H,2-3,6-7H2,1H3,(H,31,34)(H,32,33)/b17-12+. The van der Waals surface area contributed by atoms with E-state index in [-0.39, 0.29) is 11.7 Å². The SMILES string of the molecule is COc1ccccc1Nc1c2c(nc3ccc(NC(=O)/C=C/c4ccc(F)cc4)cc13)CCCC2. The van der Waals surface area contributed by atoms with Gasteiger partial charge in [0.05, 0.1) is 24.0 Å². The van der Waals surface area contributed by atoms with Crippen molar-refractivity contribution in [2.24, 2.45) is 0 Å². The number of rotatable bonds is 6. The maximum Gasteiger partial charge on any atom is 0.248 e. The number of benzene rings is 3. The van der Waals surface area contributed by atoms with Crippen LogP contribution in [0.3, 0.4) is 0 Å². The summed E-state index contributed by atoms with van der Waals surface area (Å²) in [5.74, 6) is 0.187. The minimum absolute atomic E-state index is 0.265. The van der Waals surface area contributed by atoms with Crippen LogP contribution in [0.2, 0.25) is 0 Å². The van der Waals surface area contributed by atoms with Crippen LogP contribution in [-0.4, -0.2) is 18.0 Å². The van der Waals surface area contributed by atoms with Gasteiger partial charge in [0.15, 0.2) is 0 Å². The molecule has 1 aliphatic carbocycles. The Labute approximate surface area is 203 Å². The molecular weight excluding hydrogens is 441 g/mol. The Bertz CT molecular complexity index is 1410.